The average molecular weight is 344 g/mol. The van der Waals surface area contributed by atoms with Crippen LogP contribution in [0, 0.1) is 26.7 Å². The lowest BCUT2D eigenvalue weighted by Gasteiger charge is -2.16. The number of aryl methyl sites for hydroxylation is 3. The molecule has 2 aromatic rings. The maximum Gasteiger partial charge on any atom is 0.0691 e. The summed E-state index contributed by atoms with van der Waals surface area (Å²) in [7, 11) is 0. The summed E-state index contributed by atoms with van der Waals surface area (Å²) in [5.74, 6) is 0.451. The minimum Gasteiger partial charge on any atom is -0.253 e. The first-order valence-corrected chi connectivity index (χ1v) is 9.42. The van der Waals surface area contributed by atoms with E-state index in [1.54, 1.807) is 0 Å². The van der Waals surface area contributed by atoms with Crippen molar-refractivity contribution in [3.05, 3.63) is 81.4 Å². The molecule has 0 saturated heterocycles. The van der Waals surface area contributed by atoms with E-state index in [2.05, 4.69) is 90.9 Å². The molecule has 0 aliphatic heterocycles. The highest BCUT2D eigenvalue weighted by molar-refractivity contribution is 6.05. The van der Waals surface area contributed by atoms with Gasteiger partial charge in [0.15, 0.2) is 0 Å². The van der Waals surface area contributed by atoms with Gasteiger partial charge in [-0.15, -0.1) is 0 Å². The summed E-state index contributed by atoms with van der Waals surface area (Å²) in [5, 5.41) is 0. The van der Waals surface area contributed by atoms with Crippen molar-refractivity contribution in [1.82, 2.24) is 0 Å². The van der Waals surface area contributed by atoms with Crippen molar-refractivity contribution < 1.29 is 0 Å². The van der Waals surface area contributed by atoms with E-state index in [9.17, 15) is 0 Å². The van der Waals surface area contributed by atoms with Crippen molar-refractivity contribution in [2.45, 2.75) is 48.5 Å². The maximum absolute atomic E-state index is 5.05. The summed E-state index contributed by atoms with van der Waals surface area (Å²) in [6, 6.07) is 13.1. The first-order chi connectivity index (χ1) is 12.3. The molecule has 2 aromatic carbocycles. The highest BCUT2D eigenvalue weighted by atomic mass is 14.8. The van der Waals surface area contributed by atoms with Crippen LogP contribution >= 0.6 is 0 Å². The summed E-state index contributed by atoms with van der Waals surface area (Å²) in [6.07, 6.45) is 2.36. The smallest absolute Gasteiger partial charge is 0.0691 e. The molecule has 0 spiro atoms. The molecule has 0 amide bonds. The van der Waals surface area contributed by atoms with Gasteiger partial charge in [0.2, 0.25) is 0 Å². The fraction of sp³-hybridized carbons (Fsp3) is 0.320. The largest absolute Gasteiger partial charge is 0.253 e. The van der Waals surface area contributed by atoms with E-state index in [1.807, 2.05) is 0 Å². The molecule has 1 heteroatoms. The van der Waals surface area contributed by atoms with Crippen LogP contribution in [-0.4, -0.2) is 5.71 Å². The van der Waals surface area contributed by atoms with Crippen LogP contribution in [0.2, 0.25) is 0 Å². The van der Waals surface area contributed by atoms with Gasteiger partial charge in [-0.2, -0.15) is 0 Å². The third kappa shape index (κ3) is 3.31. The number of benzene rings is 2. The van der Waals surface area contributed by atoms with Crippen LogP contribution in [0.4, 0.5) is 5.69 Å². The summed E-state index contributed by atoms with van der Waals surface area (Å²) < 4.78 is 0. The summed E-state index contributed by atoms with van der Waals surface area (Å²) in [5.41, 5.74) is 12.7. The molecule has 134 valence electrons. The van der Waals surface area contributed by atoms with E-state index in [1.165, 1.54) is 44.5 Å². The molecule has 0 radical (unpaired) electrons. The van der Waals surface area contributed by atoms with Crippen LogP contribution in [0.5, 0.6) is 0 Å². The Labute approximate surface area is 158 Å². The van der Waals surface area contributed by atoms with Crippen LogP contribution < -0.4 is 0 Å². The summed E-state index contributed by atoms with van der Waals surface area (Å²) in [4.78, 5) is 5.05. The molecule has 1 atom stereocenters. The third-order valence-corrected chi connectivity index (χ3v) is 5.47. The number of aliphatic imine (C=N–C) groups is 1. The monoisotopic (exact) mass is 343 g/mol. The van der Waals surface area contributed by atoms with Gasteiger partial charge >= 0.3 is 0 Å². The number of rotatable bonds is 3. The maximum atomic E-state index is 5.05. The van der Waals surface area contributed by atoms with Gasteiger partial charge in [-0.05, 0) is 69.4 Å². The molecule has 1 nitrogen and oxygen atoms in total. The molecule has 1 unspecified atom stereocenters. The van der Waals surface area contributed by atoms with Gasteiger partial charge in [-0.25, -0.2) is 0 Å². The zero-order chi connectivity index (χ0) is 19.0. The van der Waals surface area contributed by atoms with Gasteiger partial charge in [0.05, 0.1) is 5.69 Å². The van der Waals surface area contributed by atoms with Crippen LogP contribution in [0.3, 0.4) is 0 Å². The van der Waals surface area contributed by atoms with Crippen molar-refractivity contribution in [2.75, 3.05) is 0 Å². The Balaban J connectivity index is 2.13. The second kappa shape index (κ2) is 7.07. The highest BCUT2D eigenvalue weighted by Crippen LogP contribution is 2.39. The molecule has 0 N–H and O–H groups in total. The molecule has 26 heavy (non-hydrogen) atoms. The van der Waals surface area contributed by atoms with Crippen LogP contribution in [0.15, 0.2) is 58.6 Å². The van der Waals surface area contributed by atoms with Crippen LogP contribution in [0.1, 0.15) is 55.5 Å². The molecule has 0 bridgehead atoms. The zero-order valence-corrected chi connectivity index (χ0v) is 17.1. The lowest BCUT2D eigenvalue weighted by atomic mass is 9.89. The molecule has 0 fully saturated rings. The van der Waals surface area contributed by atoms with Crippen molar-refractivity contribution in [2.24, 2.45) is 10.9 Å². The minimum absolute atomic E-state index is 0.451. The summed E-state index contributed by atoms with van der Waals surface area (Å²) in [6.45, 7) is 15.3. The van der Waals surface area contributed by atoms with Crippen molar-refractivity contribution in [3.63, 3.8) is 0 Å². The Morgan fingerprint density at radius 2 is 1.54 bits per heavy atom. The van der Waals surface area contributed by atoms with E-state index >= 15 is 0 Å². The first kappa shape index (κ1) is 18.4. The average Bonchev–Trinajstić information content (AvgIpc) is 2.83. The molecule has 0 aromatic heterocycles. The Bertz CT molecular complexity index is 931. The molecular formula is C25H29N. The Hall–Kier alpha value is -2.41. The Morgan fingerprint density at radius 3 is 2.12 bits per heavy atom. The molecule has 1 aliphatic rings. The first-order valence-electron chi connectivity index (χ1n) is 9.42. The second-order valence-corrected chi connectivity index (χ2v) is 7.67. The summed E-state index contributed by atoms with van der Waals surface area (Å²) >= 11 is 0. The van der Waals surface area contributed by atoms with Gasteiger partial charge in [-0.1, -0.05) is 60.5 Å². The number of allylic oxidation sites excluding steroid dienone is 4. The SMILES string of the molecule is CC1=CC(C)C(c2ccccc2C(C)=Nc2c(C)cc(C)cc2C)=C1C. The molecule has 0 heterocycles. The standard InChI is InChI=1S/C25H29N/c1-15-12-18(4)25(19(5)13-15)26-21(7)22-10-8-9-11-23(22)24-17(3)14-16(2)20(24)6/h8-14,17H,1-7H3. The molecule has 3 rings (SSSR count). The van der Waals surface area contributed by atoms with Gasteiger partial charge in [0.1, 0.15) is 0 Å². The van der Waals surface area contributed by atoms with Gasteiger partial charge in [0, 0.05) is 17.2 Å². The number of hydrogen-bond acceptors (Lipinski definition) is 1. The van der Waals surface area contributed by atoms with Crippen molar-refractivity contribution in [1.29, 1.82) is 0 Å². The number of hydrogen-bond donors (Lipinski definition) is 0. The van der Waals surface area contributed by atoms with Gasteiger partial charge in [0.25, 0.3) is 0 Å². The lowest BCUT2D eigenvalue weighted by molar-refractivity contribution is 0.974. The predicted octanol–water partition coefficient (Wildman–Crippen LogP) is 7.12. The third-order valence-electron chi connectivity index (χ3n) is 5.47. The molecule has 0 saturated carbocycles. The van der Waals surface area contributed by atoms with E-state index in [0.29, 0.717) is 5.92 Å². The highest BCUT2D eigenvalue weighted by Gasteiger charge is 2.22. The van der Waals surface area contributed by atoms with E-state index in [0.717, 1.165) is 11.4 Å². The number of nitrogens with zero attached hydrogens (tertiary/aromatic N) is 1. The van der Waals surface area contributed by atoms with Gasteiger partial charge < -0.3 is 0 Å². The normalized spacial score (nSPS) is 17.7. The Kier molecular flexibility index (Phi) is 5.00. The topological polar surface area (TPSA) is 12.4 Å². The van der Waals surface area contributed by atoms with Crippen LogP contribution in [0.25, 0.3) is 5.57 Å². The lowest BCUT2D eigenvalue weighted by Crippen LogP contribution is -2.04. The fourth-order valence-corrected chi connectivity index (χ4v) is 4.19. The zero-order valence-electron chi connectivity index (χ0n) is 17.1. The molecular weight excluding hydrogens is 314 g/mol. The van der Waals surface area contributed by atoms with E-state index in [4.69, 9.17) is 4.99 Å². The Morgan fingerprint density at radius 1 is 0.923 bits per heavy atom. The fourth-order valence-electron chi connectivity index (χ4n) is 4.19. The quantitative estimate of drug-likeness (QED) is 0.526. The van der Waals surface area contributed by atoms with Crippen molar-refractivity contribution >= 4 is 17.0 Å². The van der Waals surface area contributed by atoms with E-state index in [-0.39, 0.29) is 0 Å². The minimum atomic E-state index is 0.451. The van der Waals surface area contributed by atoms with Crippen LogP contribution in [-0.2, 0) is 0 Å². The second-order valence-electron chi connectivity index (χ2n) is 7.67. The van der Waals surface area contributed by atoms with E-state index < -0.39 is 0 Å². The van der Waals surface area contributed by atoms with Gasteiger partial charge in [-0.3, -0.25) is 4.99 Å². The molecule has 1 aliphatic carbocycles. The predicted molar refractivity (Wildman–Crippen MR) is 114 cm³/mol. The van der Waals surface area contributed by atoms with Crippen molar-refractivity contribution in [3.8, 4) is 0 Å².